The molecule has 7 atom stereocenters. The van der Waals surface area contributed by atoms with Crippen molar-refractivity contribution in [3.63, 3.8) is 0 Å². The lowest BCUT2D eigenvalue weighted by Gasteiger charge is -2.61. The molecule has 0 unspecified atom stereocenters. The number of hydrogen-bond donors (Lipinski definition) is 2. The summed E-state index contributed by atoms with van der Waals surface area (Å²) in [5, 5.41) is 6.28. The molecule has 0 aromatic heterocycles. The number of ether oxygens (including phenoxy) is 1. The minimum atomic E-state index is -2.31. The lowest BCUT2D eigenvalue weighted by atomic mass is 9.54. The molecule has 0 radical (unpaired) electrons. The fourth-order valence-corrected chi connectivity index (χ4v) is 9.56. The third kappa shape index (κ3) is 2.75. The van der Waals surface area contributed by atoms with E-state index in [9.17, 15) is 9.59 Å². The highest BCUT2D eigenvalue weighted by atomic mass is 28.4. The molecule has 3 spiro atoms. The van der Waals surface area contributed by atoms with Crippen molar-refractivity contribution in [3.05, 3.63) is 42.0 Å². The maximum absolute atomic E-state index is 15.1. The van der Waals surface area contributed by atoms with Crippen molar-refractivity contribution in [2.75, 3.05) is 5.32 Å². The molecule has 38 heavy (non-hydrogen) atoms. The first kappa shape index (κ1) is 24.5. The molecule has 202 valence electrons. The fourth-order valence-electron chi connectivity index (χ4n) is 8.19. The highest BCUT2D eigenvalue weighted by molar-refractivity contribution is 6.74. The number of carbonyl (C=O) groups is 3. The molecular weight excluding hydrogens is 498 g/mol. The Morgan fingerprint density at radius 3 is 2.63 bits per heavy atom. The van der Waals surface area contributed by atoms with Gasteiger partial charge in [-0.05, 0) is 67.9 Å². The van der Waals surface area contributed by atoms with Crippen LogP contribution in [0.25, 0.3) is 0 Å². The summed E-state index contributed by atoms with van der Waals surface area (Å²) in [6.45, 7) is 11.0. The number of urea groups is 1. The summed E-state index contributed by atoms with van der Waals surface area (Å²) in [5.74, 6) is -0.952. The summed E-state index contributed by atoms with van der Waals surface area (Å²) in [6.07, 6.45) is 4.52. The molecule has 1 aromatic carbocycles. The molecule has 9 aliphatic rings. The van der Waals surface area contributed by atoms with Crippen LogP contribution in [-0.4, -0.2) is 60.5 Å². The van der Waals surface area contributed by atoms with Crippen LogP contribution >= 0.6 is 0 Å². The maximum atomic E-state index is 15.1. The monoisotopic (exact) mass is 535 g/mol. The highest BCUT2D eigenvalue weighted by Gasteiger charge is 2.85. The number of nitrogens with one attached hydrogen (secondary N) is 2. The number of imide groups is 1. The van der Waals surface area contributed by atoms with Crippen LogP contribution in [0, 0.1) is 11.3 Å². The quantitative estimate of drug-likeness (QED) is 0.341. The Bertz CT molecular complexity index is 1290. The molecule has 4 bridgehead atoms. The van der Waals surface area contributed by atoms with Crippen LogP contribution < -0.4 is 10.6 Å². The van der Waals surface area contributed by atoms with E-state index in [0.29, 0.717) is 24.9 Å². The molecule has 10 rings (SSSR count). The molecule has 6 fully saturated rings. The van der Waals surface area contributed by atoms with Gasteiger partial charge in [-0.25, -0.2) is 4.79 Å². The zero-order valence-corrected chi connectivity index (χ0v) is 23.8. The van der Waals surface area contributed by atoms with Crippen LogP contribution in [0.3, 0.4) is 0 Å². The smallest absolute Gasteiger partial charge is 0.329 e. The van der Waals surface area contributed by atoms with E-state index in [1.807, 2.05) is 30.3 Å². The van der Waals surface area contributed by atoms with Crippen molar-refractivity contribution in [1.29, 1.82) is 0 Å². The van der Waals surface area contributed by atoms with Gasteiger partial charge in [-0.1, -0.05) is 45.0 Å². The Morgan fingerprint density at radius 1 is 1.18 bits per heavy atom. The summed E-state index contributed by atoms with van der Waals surface area (Å²) in [5.41, 5.74) is -1.47. The second kappa shape index (κ2) is 7.37. The average Bonchev–Trinajstić information content (AvgIpc) is 3.44. The fraction of sp³-hybridized carbons (Fsp3) is 0.621. The van der Waals surface area contributed by atoms with Gasteiger partial charge in [0.05, 0.1) is 23.1 Å². The second-order valence-electron chi connectivity index (χ2n) is 13.6. The van der Waals surface area contributed by atoms with Crippen LogP contribution in [0.2, 0.25) is 18.1 Å². The van der Waals surface area contributed by atoms with Crippen molar-refractivity contribution in [1.82, 2.24) is 10.2 Å². The predicted octanol–water partition coefficient (Wildman–Crippen LogP) is 4.35. The maximum Gasteiger partial charge on any atom is 0.329 e. The van der Waals surface area contributed by atoms with Gasteiger partial charge in [-0.15, -0.1) is 0 Å². The van der Waals surface area contributed by atoms with E-state index in [2.05, 4.69) is 50.6 Å². The number of piperidine rings is 1. The molecule has 2 N–H and O–H groups in total. The van der Waals surface area contributed by atoms with Crippen molar-refractivity contribution in [3.8, 4) is 0 Å². The first-order valence-electron chi connectivity index (χ1n) is 14.0. The van der Waals surface area contributed by atoms with E-state index >= 15 is 4.79 Å². The molecule has 2 saturated carbocycles. The highest BCUT2D eigenvalue weighted by Crippen LogP contribution is 2.69. The molecule has 4 amide bonds. The van der Waals surface area contributed by atoms with Gasteiger partial charge < -0.3 is 19.8 Å². The number of rotatable bonds is 3. The van der Waals surface area contributed by atoms with E-state index in [4.69, 9.17) is 9.16 Å². The summed E-state index contributed by atoms with van der Waals surface area (Å²) < 4.78 is 13.4. The van der Waals surface area contributed by atoms with Gasteiger partial charge in [-0.2, -0.15) is 0 Å². The van der Waals surface area contributed by atoms with Crippen LogP contribution in [0.15, 0.2) is 42.0 Å². The number of anilines is 1. The molecule has 6 heterocycles. The van der Waals surface area contributed by atoms with Crippen molar-refractivity contribution in [2.24, 2.45) is 11.3 Å². The number of nitrogens with zero attached hydrogens (tertiary/aromatic N) is 1. The van der Waals surface area contributed by atoms with Gasteiger partial charge in [0.2, 0.25) is 11.8 Å². The topological polar surface area (TPSA) is 100 Å². The van der Waals surface area contributed by atoms with Gasteiger partial charge in [-0.3, -0.25) is 14.5 Å². The van der Waals surface area contributed by atoms with Gasteiger partial charge in [0.25, 0.3) is 0 Å². The Balaban J connectivity index is 1.43. The molecule has 6 aliphatic heterocycles. The van der Waals surface area contributed by atoms with E-state index in [0.717, 1.165) is 18.4 Å². The lowest BCUT2D eigenvalue weighted by molar-refractivity contribution is -0.163. The molecule has 3 aliphatic carbocycles. The number of amides is 4. The van der Waals surface area contributed by atoms with Crippen molar-refractivity contribution in [2.45, 2.75) is 100 Å². The van der Waals surface area contributed by atoms with Crippen LogP contribution in [0.1, 0.15) is 52.9 Å². The number of epoxide rings is 1. The van der Waals surface area contributed by atoms with Crippen LogP contribution in [-0.2, 0) is 18.8 Å². The number of carbonyl (C=O) groups excluding carboxylic acids is 3. The number of benzene rings is 1. The Kier molecular flexibility index (Phi) is 4.76. The molecular formula is C29H37N3O5Si. The number of hydrogen-bond acceptors (Lipinski definition) is 5. The van der Waals surface area contributed by atoms with Gasteiger partial charge in [0.15, 0.2) is 8.32 Å². The lowest BCUT2D eigenvalue weighted by Crippen LogP contribution is -2.81. The Labute approximate surface area is 224 Å². The largest absolute Gasteiger partial charge is 0.412 e. The van der Waals surface area contributed by atoms with E-state index in [-0.39, 0.29) is 29.1 Å². The average molecular weight is 536 g/mol. The van der Waals surface area contributed by atoms with Crippen molar-refractivity contribution < 1.29 is 23.5 Å². The first-order chi connectivity index (χ1) is 17.9. The van der Waals surface area contributed by atoms with Crippen LogP contribution in [0.4, 0.5) is 10.5 Å². The Morgan fingerprint density at radius 2 is 1.92 bits per heavy atom. The Hall–Kier alpha value is -2.49. The zero-order valence-electron chi connectivity index (χ0n) is 22.8. The SMILES string of the molecule is CC(C)(C)[Si](C)(C)O[C@H]1CC[C@@]23NC(=O)[C@@H]([C@H]4O[C@H]42)[C@@]24CCCC2=C[C@@]13C(=O)N4C(=O)Nc1ccccc1. The predicted molar refractivity (Wildman–Crippen MR) is 144 cm³/mol. The van der Waals surface area contributed by atoms with E-state index < -0.39 is 42.9 Å². The van der Waals surface area contributed by atoms with E-state index in [1.54, 1.807) is 0 Å². The van der Waals surface area contributed by atoms with Gasteiger partial charge in [0.1, 0.15) is 17.6 Å². The standard InChI is InChI=1S/C29H37N3O5Si/c1-26(2,3)38(4,5)37-19-13-15-29-22-21(36-22)20(23(33)31-29)28-14-9-10-17(28)16-27(19,29)24(34)32(28)25(35)30-18-11-7-6-8-12-18/h6-8,11-12,16,19-22H,9-10,13-15H2,1-5H3,(H,30,35)(H,31,33)/t19-,20+,21+,22+,27-,28+,29+/m0/s1. The molecule has 8 nitrogen and oxygen atoms in total. The normalized spacial score (nSPS) is 40.6. The minimum Gasteiger partial charge on any atom is -0.412 e. The van der Waals surface area contributed by atoms with E-state index in [1.165, 1.54) is 4.90 Å². The zero-order chi connectivity index (χ0) is 26.9. The second-order valence-corrected chi connectivity index (χ2v) is 18.4. The molecule has 4 saturated heterocycles. The summed E-state index contributed by atoms with van der Waals surface area (Å²) >= 11 is 0. The summed E-state index contributed by atoms with van der Waals surface area (Å²) in [4.78, 5) is 44.7. The third-order valence-corrected chi connectivity index (χ3v) is 15.4. The molecule has 9 heteroatoms. The van der Waals surface area contributed by atoms with Crippen LogP contribution in [0.5, 0.6) is 0 Å². The summed E-state index contributed by atoms with van der Waals surface area (Å²) in [6, 6.07) is 8.73. The van der Waals surface area contributed by atoms with Crippen molar-refractivity contribution >= 4 is 31.9 Å². The van der Waals surface area contributed by atoms with Gasteiger partial charge in [0, 0.05) is 5.69 Å². The first-order valence-corrected chi connectivity index (χ1v) is 16.9. The van der Waals surface area contributed by atoms with Gasteiger partial charge >= 0.3 is 6.03 Å². The third-order valence-electron chi connectivity index (χ3n) is 10.9. The minimum absolute atomic E-state index is 0.0626. The molecule has 1 aromatic rings. The number of para-hydroxylation sites is 1. The summed E-state index contributed by atoms with van der Waals surface area (Å²) in [7, 11) is -2.31.